The molecule has 0 N–H and O–H groups in total. The molecule has 0 atom stereocenters. The summed E-state index contributed by atoms with van der Waals surface area (Å²) in [4.78, 5) is 11.4. The molecule has 2 aromatic rings. The molecule has 1 nitrogen and oxygen atoms in total. The lowest BCUT2D eigenvalue weighted by Gasteiger charge is -2.05. The molecule has 0 bridgehead atoms. The largest absolute Gasteiger partial charge is 0.299 e. The van der Waals surface area contributed by atoms with E-state index >= 15 is 0 Å². The second kappa shape index (κ2) is 9.12. The van der Waals surface area contributed by atoms with Crippen LogP contribution in [0.3, 0.4) is 0 Å². The van der Waals surface area contributed by atoms with Crippen LogP contribution in [0.15, 0.2) is 48.5 Å². The standard InChI is InChI=1S/C18H20O.C2H6/c1-3-14-5-9-16(10-6-14)17-11-7-15(8-12-17)13-18(19)4-2;1-2/h5-12H,3-4,13H2,1-2H3;1-2H3. The maximum atomic E-state index is 11.4. The Morgan fingerprint density at radius 1 is 0.762 bits per heavy atom. The monoisotopic (exact) mass is 282 g/mol. The summed E-state index contributed by atoms with van der Waals surface area (Å²) in [7, 11) is 0. The van der Waals surface area contributed by atoms with Gasteiger partial charge in [0.15, 0.2) is 0 Å². The number of aryl methyl sites for hydroxylation is 1. The van der Waals surface area contributed by atoms with E-state index in [4.69, 9.17) is 0 Å². The van der Waals surface area contributed by atoms with Gasteiger partial charge in [0.25, 0.3) is 0 Å². The molecule has 1 heteroatoms. The highest BCUT2D eigenvalue weighted by Crippen LogP contribution is 2.20. The van der Waals surface area contributed by atoms with E-state index in [-0.39, 0.29) is 0 Å². The second-order valence-corrected chi connectivity index (χ2v) is 4.82. The Morgan fingerprint density at radius 3 is 1.57 bits per heavy atom. The van der Waals surface area contributed by atoms with Crippen molar-refractivity contribution in [2.75, 3.05) is 0 Å². The minimum atomic E-state index is 0.292. The van der Waals surface area contributed by atoms with Crippen LogP contribution in [-0.4, -0.2) is 5.78 Å². The Balaban J connectivity index is 0.00000106. The minimum absolute atomic E-state index is 0.292. The molecule has 0 spiro atoms. The van der Waals surface area contributed by atoms with Gasteiger partial charge in [-0.2, -0.15) is 0 Å². The van der Waals surface area contributed by atoms with Crippen molar-refractivity contribution >= 4 is 5.78 Å². The highest BCUT2D eigenvalue weighted by atomic mass is 16.1. The molecule has 0 saturated carbocycles. The maximum Gasteiger partial charge on any atom is 0.136 e. The first-order valence-corrected chi connectivity index (χ1v) is 7.93. The molecular formula is C20H26O. The zero-order valence-corrected chi connectivity index (χ0v) is 13.6. The summed E-state index contributed by atoms with van der Waals surface area (Å²) in [6.07, 6.45) is 2.23. The molecule has 0 aliphatic rings. The lowest BCUT2D eigenvalue weighted by atomic mass is 10.00. The third kappa shape index (κ3) is 5.18. The highest BCUT2D eigenvalue weighted by molar-refractivity contribution is 5.80. The summed E-state index contributed by atoms with van der Waals surface area (Å²) in [5.74, 6) is 0.292. The van der Waals surface area contributed by atoms with Gasteiger partial charge in [0.2, 0.25) is 0 Å². The number of hydrogen-bond acceptors (Lipinski definition) is 1. The maximum absolute atomic E-state index is 11.4. The Bertz CT molecular complexity index is 535. The van der Waals surface area contributed by atoms with Gasteiger partial charge in [0.1, 0.15) is 5.78 Å². The van der Waals surface area contributed by atoms with Crippen LogP contribution in [0.4, 0.5) is 0 Å². The Morgan fingerprint density at radius 2 is 1.19 bits per heavy atom. The van der Waals surface area contributed by atoms with Crippen molar-refractivity contribution in [3.05, 3.63) is 59.7 Å². The van der Waals surface area contributed by atoms with Crippen LogP contribution in [0.25, 0.3) is 11.1 Å². The van der Waals surface area contributed by atoms with Gasteiger partial charge in [0.05, 0.1) is 0 Å². The molecular weight excluding hydrogens is 256 g/mol. The van der Waals surface area contributed by atoms with E-state index in [9.17, 15) is 4.79 Å². The van der Waals surface area contributed by atoms with Gasteiger partial charge in [-0.3, -0.25) is 4.79 Å². The van der Waals surface area contributed by atoms with Gasteiger partial charge in [-0.25, -0.2) is 0 Å². The van der Waals surface area contributed by atoms with Crippen LogP contribution in [0.1, 0.15) is 45.2 Å². The summed E-state index contributed by atoms with van der Waals surface area (Å²) in [6.45, 7) is 8.07. The first-order valence-electron chi connectivity index (χ1n) is 7.93. The van der Waals surface area contributed by atoms with Crippen LogP contribution in [-0.2, 0) is 17.6 Å². The van der Waals surface area contributed by atoms with E-state index in [0.29, 0.717) is 18.6 Å². The molecule has 0 aliphatic carbocycles. The second-order valence-electron chi connectivity index (χ2n) is 4.82. The first kappa shape index (κ1) is 17.2. The summed E-state index contributed by atoms with van der Waals surface area (Å²) < 4.78 is 0. The van der Waals surface area contributed by atoms with Crippen molar-refractivity contribution in [2.45, 2.75) is 47.0 Å². The van der Waals surface area contributed by atoms with E-state index in [1.54, 1.807) is 0 Å². The number of ketones is 1. The summed E-state index contributed by atoms with van der Waals surface area (Å²) in [5.41, 5.74) is 4.88. The zero-order valence-electron chi connectivity index (χ0n) is 13.6. The fourth-order valence-corrected chi connectivity index (χ4v) is 2.10. The molecule has 112 valence electrons. The van der Waals surface area contributed by atoms with Gasteiger partial charge >= 0.3 is 0 Å². The van der Waals surface area contributed by atoms with Crippen LogP contribution in [0, 0.1) is 0 Å². The summed E-state index contributed by atoms with van der Waals surface area (Å²) in [6, 6.07) is 17.0. The van der Waals surface area contributed by atoms with E-state index in [2.05, 4.69) is 55.5 Å². The molecule has 2 aromatic carbocycles. The summed E-state index contributed by atoms with van der Waals surface area (Å²) in [5, 5.41) is 0. The molecule has 0 fully saturated rings. The molecule has 0 amide bonds. The van der Waals surface area contributed by atoms with E-state index in [1.165, 1.54) is 16.7 Å². The molecule has 0 heterocycles. The van der Waals surface area contributed by atoms with Crippen LogP contribution < -0.4 is 0 Å². The van der Waals surface area contributed by atoms with Crippen molar-refractivity contribution in [1.82, 2.24) is 0 Å². The van der Waals surface area contributed by atoms with E-state index in [1.807, 2.05) is 20.8 Å². The topological polar surface area (TPSA) is 17.1 Å². The summed E-state index contributed by atoms with van der Waals surface area (Å²) >= 11 is 0. The number of hydrogen-bond donors (Lipinski definition) is 0. The van der Waals surface area contributed by atoms with Gasteiger partial charge in [-0.05, 0) is 28.7 Å². The number of rotatable bonds is 5. The fraction of sp³-hybridized carbons (Fsp3) is 0.350. The molecule has 0 saturated heterocycles. The third-order valence-electron chi connectivity index (χ3n) is 3.45. The minimum Gasteiger partial charge on any atom is -0.299 e. The van der Waals surface area contributed by atoms with E-state index < -0.39 is 0 Å². The number of carbonyl (C=O) groups excluding carboxylic acids is 1. The number of Topliss-reactive ketones (excluding diaryl/α,β-unsaturated/α-hetero) is 1. The van der Waals surface area contributed by atoms with Gasteiger partial charge in [-0.15, -0.1) is 0 Å². The zero-order chi connectivity index (χ0) is 15.7. The highest BCUT2D eigenvalue weighted by Gasteiger charge is 2.02. The molecule has 0 aromatic heterocycles. The van der Waals surface area contributed by atoms with E-state index in [0.717, 1.165) is 12.0 Å². The Kier molecular flexibility index (Phi) is 7.45. The quantitative estimate of drug-likeness (QED) is 0.711. The fourth-order valence-electron chi connectivity index (χ4n) is 2.10. The van der Waals surface area contributed by atoms with Crippen molar-refractivity contribution in [3.63, 3.8) is 0 Å². The normalized spacial score (nSPS) is 9.71. The average Bonchev–Trinajstić information content (AvgIpc) is 2.57. The van der Waals surface area contributed by atoms with Gasteiger partial charge in [-0.1, -0.05) is 76.2 Å². The van der Waals surface area contributed by atoms with Gasteiger partial charge in [0, 0.05) is 12.8 Å². The molecule has 0 aliphatic heterocycles. The number of carbonyl (C=O) groups is 1. The third-order valence-corrected chi connectivity index (χ3v) is 3.45. The SMILES string of the molecule is CC.CCC(=O)Cc1ccc(-c2ccc(CC)cc2)cc1. The lowest BCUT2D eigenvalue weighted by Crippen LogP contribution is -1.99. The number of benzene rings is 2. The average molecular weight is 282 g/mol. The Labute approximate surface area is 129 Å². The lowest BCUT2D eigenvalue weighted by molar-refractivity contribution is -0.118. The van der Waals surface area contributed by atoms with Crippen molar-refractivity contribution < 1.29 is 4.79 Å². The van der Waals surface area contributed by atoms with Crippen molar-refractivity contribution in [2.24, 2.45) is 0 Å². The molecule has 0 unspecified atom stereocenters. The molecule has 0 radical (unpaired) electrons. The first-order chi connectivity index (χ1) is 10.2. The predicted octanol–water partition coefficient (Wildman–Crippen LogP) is 5.46. The van der Waals surface area contributed by atoms with Crippen LogP contribution >= 0.6 is 0 Å². The van der Waals surface area contributed by atoms with Crippen molar-refractivity contribution in [1.29, 1.82) is 0 Å². The van der Waals surface area contributed by atoms with Crippen LogP contribution in [0.5, 0.6) is 0 Å². The predicted molar refractivity (Wildman–Crippen MR) is 91.6 cm³/mol. The van der Waals surface area contributed by atoms with Crippen LogP contribution in [0.2, 0.25) is 0 Å². The van der Waals surface area contributed by atoms with Gasteiger partial charge < -0.3 is 0 Å². The molecule has 2 rings (SSSR count). The molecule has 21 heavy (non-hydrogen) atoms. The van der Waals surface area contributed by atoms with Crippen molar-refractivity contribution in [3.8, 4) is 11.1 Å². The Hall–Kier alpha value is -1.89. The smallest absolute Gasteiger partial charge is 0.136 e.